The first-order chi connectivity index (χ1) is 9.02. The van der Waals surface area contributed by atoms with Crippen molar-refractivity contribution >= 4 is 17.0 Å². The summed E-state index contributed by atoms with van der Waals surface area (Å²) in [7, 11) is 0. The highest BCUT2D eigenvalue weighted by molar-refractivity contribution is 7.12. The van der Waals surface area contributed by atoms with E-state index in [-0.39, 0.29) is 11.6 Å². The molecule has 0 aliphatic carbocycles. The molecule has 1 atom stereocenters. The largest absolute Gasteiger partial charge is 0.330 e. The Kier molecular flexibility index (Phi) is 3.92. The number of nitro groups is 1. The van der Waals surface area contributed by atoms with E-state index in [1.807, 2.05) is 19.9 Å². The standard InChI is InChI=1S/C13H15N3O2S/c1-8(7-14)13-15-12(9(2)19-13)10-4-3-5-11(6-10)16(17)18/h3-6,8H,7,14H2,1-2H3. The fourth-order valence-electron chi connectivity index (χ4n) is 1.76. The number of nitrogens with zero attached hydrogens (tertiary/aromatic N) is 2. The molecule has 1 aromatic carbocycles. The molecule has 0 bridgehead atoms. The number of thiazole rings is 1. The molecule has 0 saturated carbocycles. The number of hydrogen-bond donors (Lipinski definition) is 1. The average Bonchev–Trinajstić information content (AvgIpc) is 2.80. The highest BCUT2D eigenvalue weighted by atomic mass is 32.1. The van der Waals surface area contributed by atoms with E-state index in [9.17, 15) is 10.1 Å². The van der Waals surface area contributed by atoms with Crippen LogP contribution in [0.2, 0.25) is 0 Å². The number of nitro benzene ring substituents is 1. The Morgan fingerprint density at radius 3 is 2.89 bits per heavy atom. The molecule has 6 heteroatoms. The molecule has 0 radical (unpaired) electrons. The first-order valence-corrected chi connectivity index (χ1v) is 6.76. The third kappa shape index (κ3) is 2.80. The van der Waals surface area contributed by atoms with Gasteiger partial charge in [0.1, 0.15) is 0 Å². The Bertz CT molecular complexity index is 610. The zero-order valence-corrected chi connectivity index (χ0v) is 11.6. The summed E-state index contributed by atoms with van der Waals surface area (Å²) in [4.78, 5) is 16.0. The monoisotopic (exact) mass is 277 g/mol. The number of benzene rings is 1. The molecule has 0 amide bonds. The average molecular weight is 277 g/mol. The normalized spacial score (nSPS) is 12.4. The minimum Gasteiger partial charge on any atom is -0.330 e. The van der Waals surface area contributed by atoms with Gasteiger partial charge in [0.2, 0.25) is 0 Å². The number of aryl methyl sites for hydroxylation is 1. The van der Waals surface area contributed by atoms with Crippen LogP contribution in [0.4, 0.5) is 5.69 Å². The Morgan fingerprint density at radius 1 is 1.53 bits per heavy atom. The van der Waals surface area contributed by atoms with E-state index in [4.69, 9.17) is 5.73 Å². The molecule has 2 aromatic rings. The lowest BCUT2D eigenvalue weighted by Gasteiger charge is -2.02. The van der Waals surface area contributed by atoms with Gasteiger partial charge < -0.3 is 5.73 Å². The molecule has 1 heterocycles. The zero-order valence-electron chi connectivity index (χ0n) is 10.8. The summed E-state index contributed by atoms with van der Waals surface area (Å²) < 4.78 is 0. The van der Waals surface area contributed by atoms with E-state index in [0.29, 0.717) is 6.54 Å². The van der Waals surface area contributed by atoms with Crippen molar-refractivity contribution in [1.29, 1.82) is 0 Å². The Hall–Kier alpha value is -1.79. The predicted molar refractivity (Wildman–Crippen MR) is 76.4 cm³/mol. The molecular weight excluding hydrogens is 262 g/mol. The van der Waals surface area contributed by atoms with Gasteiger partial charge in [-0.2, -0.15) is 0 Å². The van der Waals surface area contributed by atoms with Crippen molar-refractivity contribution in [3.8, 4) is 11.3 Å². The Morgan fingerprint density at radius 2 is 2.26 bits per heavy atom. The van der Waals surface area contributed by atoms with Crippen LogP contribution in [-0.2, 0) is 0 Å². The van der Waals surface area contributed by atoms with Crippen molar-refractivity contribution in [1.82, 2.24) is 4.98 Å². The van der Waals surface area contributed by atoms with Crippen LogP contribution >= 0.6 is 11.3 Å². The fraction of sp³-hybridized carbons (Fsp3) is 0.308. The minimum absolute atomic E-state index is 0.0818. The van der Waals surface area contributed by atoms with Gasteiger partial charge in [0.05, 0.1) is 15.6 Å². The second kappa shape index (κ2) is 5.46. The van der Waals surface area contributed by atoms with Gasteiger partial charge in [0.15, 0.2) is 0 Å². The van der Waals surface area contributed by atoms with Crippen molar-refractivity contribution in [3.63, 3.8) is 0 Å². The van der Waals surface area contributed by atoms with Gasteiger partial charge in [-0.25, -0.2) is 4.98 Å². The molecule has 1 unspecified atom stereocenters. The lowest BCUT2D eigenvalue weighted by atomic mass is 10.1. The second-order valence-electron chi connectivity index (χ2n) is 4.40. The summed E-state index contributed by atoms with van der Waals surface area (Å²) in [6, 6.07) is 6.55. The van der Waals surface area contributed by atoms with E-state index >= 15 is 0 Å². The van der Waals surface area contributed by atoms with Crippen LogP contribution in [0.5, 0.6) is 0 Å². The number of rotatable bonds is 4. The molecule has 0 aliphatic rings. The van der Waals surface area contributed by atoms with Crippen molar-refractivity contribution in [2.45, 2.75) is 19.8 Å². The maximum absolute atomic E-state index is 10.8. The maximum Gasteiger partial charge on any atom is 0.270 e. The molecule has 0 saturated heterocycles. The minimum atomic E-state index is -0.394. The topological polar surface area (TPSA) is 82.0 Å². The summed E-state index contributed by atoms with van der Waals surface area (Å²) in [5.74, 6) is 0.205. The van der Waals surface area contributed by atoms with Crippen LogP contribution in [0.3, 0.4) is 0 Å². The van der Waals surface area contributed by atoms with E-state index in [2.05, 4.69) is 4.98 Å². The van der Waals surface area contributed by atoms with Crippen molar-refractivity contribution < 1.29 is 4.92 Å². The molecular formula is C13H15N3O2S. The molecule has 19 heavy (non-hydrogen) atoms. The van der Waals surface area contributed by atoms with Gasteiger partial charge in [-0.15, -0.1) is 11.3 Å². The number of aromatic nitrogens is 1. The highest BCUT2D eigenvalue weighted by Gasteiger charge is 2.15. The van der Waals surface area contributed by atoms with E-state index < -0.39 is 4.92 Å². The Balaban J connectivity index is 2.44. The van der Waals surface area contributed by atoms with Crippen LogP contribution < -0.4 is 5.73 Å². The van der Waals surface area contributed by atoms with Crippen LogP contribution in [0, 0.1) is 17.0 Å². The zero-order chi connectivity index (χ0) is 14.0. The molecule has 100 valence electrons. The Labute approximate surface area is 115 Å². The summed E-state index contributed by atoms with van der Waals surface area (Å²) in [5, 5.41) is 11.8. The van der Waals surface area contributed by atoms with Crippen molar-refractivity contribution in [2.24, 2.45) is 5.73 Å². The van der Waals surface area contributed by atoms with Gasteiger partial charge in [-0.05, 0) is 6.92 Å². The third-order valence-electron chi connectivity index (χ3n) is 2.92. The van der Waals surface area contributed by atoms with Gasteiger partial charge in [0.25, 0.3) is 5.69 Å². The summed E-state index contributed by atoms with van der Waals surface area (Å²) in [5.41, 5.74) is 7.31. The van der Waals surface area contributed by atoms with Crippen LogP contribution in [0.1, 0.15) is 22.7 Å². The number of hydrogen-bond acceptors (Lipinski definition) is 5. The molecule has 0 spiro atoms. The van der Waals surface area contributed by atoms with Gasteiger partial charge >= 0.3 is 0 Å². The maximum atomic E-state index is 10.8. The SMILES string of the molecule is Cc1sc(C(C)CN)nc1-c1cccc([N+](=O)[O-])c1. The number of nitrogens with two attached hydrogens (primary N) is 1. The van der Waals surface area contributed by atoms with Gasteiger partial charge in [0, 0.05) is 35.0 Å². The molecule has 0 aliphatic heterocycles. The van der Waals surface area contributed by atoms with Crippen LogP contribution in [0.15, 0.2) is 24.3 Å². The van der Waals surface area contributed by atoms with Crippen LogP contribution in [0.25, 0.3) is 11.3 Å². The quantitative estimate of drug-likeness (QED) is 0.687. The molecule has 0 fully saturated rings. The van der Waals surface area contributed by atoms with Crippen molar-refractivity contribution in [3.05, 3.63) is 44.3 Å². The fourth-order valence-corrected chi connectivity index (χ4v) is 2.77. The van der Waals surface area contributed by atoms with E-state index in [1.165, 1.54) is 6.07 Å². The summed E-state index contributed by atoms with van der Waals surface area (Å²) in [6.07, 6.45) is 0. The summed E-state index contributed by atoms with van der Waals surface area (Å²) in [6.45, 7) is 4.54. The molecule has 2 rings (SSSR count). The molecule has 2 N–H and O–H groups in total. The summed E-state index contributed by atoms with van der Waals surface area (Å²) >= 11 is 1.60. The van der Waals surface area contributed by atoms with Gasteiger partial charge in [-0.3, -0.25) is 10.1 Å². The van der Waals surface area contributed by atoms with Crippen LogP contribution in [-0.4, -0.2) is 16.5 Å². The van der Waals surface area contributed by atoms with E-state index in [0.717, 1.165) is 21.1 Å². The highest BCUT2D eigenvalue weighted by Crippen LogP contribution is 2.32. The third-order valence-corrected chi connectivity index (χ3v) is 4.12. The second-order valence-corrected chi connectivity index (χ2v) is 5.64. The molecule has 5 nitrogen and oxygen atoms in total. The lowest BCUT2D eigenvalue weighted by Crippen LogP contribution is -2.08. The predicted octanol–water partition coefficient (Wildman–Crippen LogP) is 3.09. The lowest BCUT2D eigenvalue weighted by molar-refractivity contribution is -0.384. The number of non-ortho nitro benzene ring substituents is 1. The van der Waals surface area contributed by atoms with E-state index in [1.54, 1.807) is 23.5 Å². The van der Waals surface area contributed by atoms with Crippen molar-refractivity contribution in [2.75, 3.05) is 6.54 Å². The smallest absolute Gasteiger partial charge is 0.270 e. The first-order valence-electron chi connectivity index (χ1n) is 5.95. The van der Waals surface area contributed by atoms with Gasteiger partial charge in [-0.1, -0.05) is 19.1 Å². The first kappa shape index (κ1) is 13.6. The molecule has 1 aromatic heterocycles.